The summed E-state index contributed by atoms with van der Waals surface area (Å²) >= 11 is 3.38. The first-order valence-electron chi connectivity index (χ1n) is 11.9. The van der Waals surface area contributed by atoms with Crippen molar-refractivity contribution in [2.75, 3.05) is 5.75 Å². The maximum atomic E-state index is 13.8. The van der Waals surface area contributed by atoms with Crippen molar-refractivity contribution in [3.8, 4) is 0 Å². The average molecular weight is 471 g/mol. The minimum Gasteiger partial charge on any atom is -0.372 e. The van der Waals surface area contributed by atoms with Crippen LogP contribution in [0.2, 0.25) is 0 Å². The maximum Gasteiger partial charge on any atom is 0.263 e. The summed E-state index contributed by atoms with van der Waals surface area (Å²) in [6, 6.07) is 10.2. The van der Waals surface area contributed by atoms with Crippen LogP contribution >= 0.6 is 23.1 Å². The third-order valence-corrected chi connectivity index (χ3v) is 8.36. The minimum absolute atomic E-state index is 0.106. The largest absolute Gasteiger partial charge is 0.372 e. The quantitative estimate of drug-likeness (QED) is 0.189. The van der Waals surface area contributed by atoms with Crippen molar-refractivity contribution in [3.05, 3.63) is 56.7 Å². The second-order valence-electron chi connectivity index (χ2n) is 9.02. The van der Waals surface area contributed by atoms with Crippen LogP contribution in [0.5, 0.6) is 0 Å². The van der Waals surface area contributed by atoms with Crippen LogP contribution in [0.4, 0.5) is 0 Å². The normalized spacial score (nSPS) is 16.1. The van der Waals surface area contributed by atoms with E-state index in [1.807, 2.05) is 22.8 Å². The molecule has 0 saturated carbocycles. The Morgan fingerprint density at radius 2 is 1.97 bits per heavy atom. The number of aromatic nitrogens is 2. The van der Waals surface area contributed by atoms with E-state index in [1.54, 1.807) is 23.1 Å². The number of hydrogen-bond acceptors (Lipinski definition) is 5. The van der Waals surface area contributed by atoms with Crippen LogP contribution in [-0.2, 0) is 24.3 Å². The summed E-state index contributed by atoms with van der Waals surface area (Å²) in [6.07, 6.45) is 7.22. The molecule has 32 heavy (non-hydrogen) atoms. The molecule has 1 aliphatic heterocycles. The summed E-state index contributed by atoms with van der Waals surface area (Å²) in [7, 11) is 0. The van der Waals surface area contributed by atoms with Gasteiger partial charge in [0.15, 0.2) is 5.16 Å². The molecule has 0 amide bonds. The van der Waals surface area contributed by atoms with Crippen LogP contribution in [0.1, 0.15) is 68.9 Å². The zero-order valence-electron chi connectivity index (χ0n) is 19.4. The van der Waals surface area contributed by atoms with Gasteiger partial charge in [0.1, 0.15) is 4.83 Å². The fraction of sp³-hybridized carbons (Fsp3) is 0.538. The Labute approximate surface area is 199 Å². The van der Waals surface area contributed by atoms with Crippen molar-refractivity contribution >= 4 is 33.3 Å². The predicted octanol–water partition coefficient (Wildman–Crippen LogP) is 6.67. The topological polar surface area (TPSA) is 44.1 Å². The number of thiophene rings is 1. The maximum absolute atomic E-state index is 13.8. The van der Waals surface area contributed by atoms with Gasteiger partial charge in [0.05, 0.1) is 24.6 Å². The number of nitrogens with zero attached hydrogens (tertiary/aromatic N) is 2. The molecule has 3 heterocycles. The lowest BCUT2D eigenvalue weighted by Crippen LogP contribution is -2.28. The summed E-state index contributed by atoms with van der Waals surface area (Å²) in [6.45, 7) is 7.77. The smallest absolute Gasteiger partial charge is 0.263 e. The first-order valence-corrected chi connectivity index (χ1v) is 13.7. The third-order valence-electron chi connectivity index (χ3n) is 6.20. The van der Waals surface area contributed by atoms with Gasteiger partial charge in [-0.1, -0.05) is 88.5 Å². The molecule has 172 valence electrons. The van der Waals surface area contributed by atoms with Crippen molar-refractivity contribution in [2.45, 2.75) is 83.7 Å². The average Bonchev–Trinajstić information content (AvgIpc) is 3.16. The molecule has 1 atom stereocenters. The van der Waals surface area contributed by atoms with Gasteiger partial charge in [-0.05, 0) is 23.5 Å². The summed E-state index contributed by atoms with van der Waals surface area (Å²) in [5, 5.41) is 1.67. The van der Waals surface area contributed by atoms with Gasteiger partial charge in [-0.25, -0.2) is 4.98 Å². The van der Waals surface area contributed by atoms with Gasteiger partial charge in [0, 0.05) is 17.1 Å². The second kappa shape index (κ2) is 11.0. The molecular weight excluding hydrogens is 436 g/mol. The Kier molecular flexibility index (Phi) is 8.08. The summed E-state index contributed by atoms with van der Waals surface area (Å²) < 4.78 is 7.98. The van der Waals surface area contributed by atoms with Gasteiger partial charge in [0.25, 0.3) is 5.56 Å². The molecule has 0 spiro atoms. The lowest BCUT2D eigenvalue weighted by atomic mass is 9.96. The van der Waals surface area contributed by atoms with Gasteiger partial charge in [-0.2, -0.15) is 0 Å². The molecule has 3 aromatic rings. The molecule has 0 saturated heterocycles. The fourth-order valence-corrected chi connectivity index (χ4v) is 6.42. The van der Waals surface area contributed by atoms with Crippen molar-refractivity contribution in [1.82, 2.24) is 9.55 Å². The monoisotopic (exact) mass is 470 g/mol. The third kappa shape index (κ3) is 5.29. The number of benzene rings is 1. The number of ether oxygens (including phenoxy) is 1. The van der Waals surface area contributed by atoms with Crippen LogP contribution in [0.15, 0.2) is 40.3 Å². The van der Waals surface area contributed by atoms with E-state index in [9.17, 15) is 4.79 Å². The van der Waals surface area contributed by atoms with Crippen LogP contribution in [0.3, 0.4) is 0 Å². The van der Waals surface area contributed by atoms with E-state index in [4.69, 9.17) is 9.72 Å². The first kappa shape index (κ1) is 23.5. The Hall–Kier alpha value is -1.63. The van der Waals surface area contributed by atoms with Crippen LogP contribution in [0.25, 0.3) is 10.2 Å². The second-order valence-corrected chi connectivity index (χ2v) is 11.2. The molecule has 0 unspecified atom stereocenters. The van der Waals surface area contributed by atoms with Gasteiger partial charge in [-0.3, -0.25) is 9.36 Å². The predicted molar refractivity (Wildman–Crippen MR) is 136 cm³/mol. The highest BCUT2D eigenvalue weighted by molar-refractivity contribution is 7.99. The summed E-state index contributed by atoms with van der Waals surface area (Å²) in [4.78, 5) is 20.9. The first-order chi connectivity index (χ1) is 15.6. The van der Waals surface area contributed by atoms with Gasteiger partial charge < -0.3 is 4.74 Å². The standard InChI is InChI=1S/C26H34N2O2S2/c1-4-5-6-7-11-14-31-26-27-24-23(20-15-21(18(2)3)30-17-22(20)32-24)25(29)28(26)16-19-12-9-8-10-13-19/h8-10,12-13,18,21H,4-7,11,14-17H2,1-3H3/t21-/m0/s1. The van der Waals surface area contributed by atoms with E-state index in [2.05, 4.69) is 32.9 Å². The SMILES string of the molecule is CCCCCCCSc1nc2sc3c(c2c(=O)n1Cc1ccccc1)C[C@@H](C(C)C)OC3. The van der Waals surface area contributed by atoms with E-state index in [-0.39, 0.29) is 11.7 Å². The molecule has 0 fully saturated rings. The molecule has 1 aliphatic rings. The van der Waals surface area contributed by atoms with Crippen LogP contribution in [-0.4, -0.2) is 21.4 Å². The van der Waals surface area contributed by atoms with E-state index in [0.29, 0.717) is 19.1 Å². The molecule has 0 bridgehead atoms. The van der Waals surface area contributed by atoms with Gasteiger partial charge >= 0.3 is 0 Å². The van der Waals surface area contributed by atoms with Crippen molar-refractivity contribution in [3.63, 3.8) is 0 Å². The molecule has 0 N–H and O–H groups in total. The van der Waals surface area contributed by atoms with E-state index in [1.165, 1.54) is 36.1 Å². The van der Waals surface area contributed by atoms with Crippen molar-refractivity contribution < 1.29 is 4.74 Å². The van der Waals surface area contributed by atoms with E-state index in [0.717, 1.165) is 39.5 Å². The highest BCUT2D eigenvalue weighted by Gasteiger charge is 2.28. The number of rotatable bonds is 10. The Morgan fingerprint density at radius 1 is 1.19 bits per heavy atom. The molecule has 4 rings (SSSR count). The highest BCUT2D eigenvalue weighted by atomic mass is 32.2. The van der Waals surface area contributed by atoms with Crippen molar-refractivity contribution in [2.24, 2.45) is 5.92 Å². The molecule has 0 radical (unpaired) electrons. The molecule has 2 aromatic heterocycles. The van der Waals surface area contributed by atoms with Gasteiger partial charge in [-0.15, -0.1) is 11.3 Å². The Bertz CT molecular complexity index is 1090. The number of thioether (sulfide) groups is 1. The van der Waals surface area contributed by atoms with Crippen molar-refractivity contribution in [1.29, 1.82) is 0 Å². The Morgan fingerprint density at radius 3 is 2.72 bits per heavy atom. The lowest BCUT2D eigenvalue weighted by Gasteiger charge is -2.26. The van der Waals surface area contributed by atoms with E-state index < -0.39 is 0 Å². The molecule has 6 heteroatoms. The summed E-state index contributed by atoms with van der Waals surface area (Å²) in [5.41, 5.74) is 2.41. The molecular formula is C26H34N2O2S2. The Balaban J connectivity index is 1.68. The number of hydrogen-bond donors (Lipinski definition) is 0. The zero-order chi connectivity index (χ0) is 22.5. The lowest BCUT2D eigenvalue weighted by molar-refractivity contribution is 0.00200. The molecule has 0 aliphatic carbocycles. The van der Waals surface area contributed by atoms with Crippen LogP contribution in [0, 0.1) is 5.92 Å². The van der Waals surface area contributed by atoms with Gasteiger partial charge in [0.2, 0.25) is 0 Å². The van der Waals surface area contributed by atoms with E-state index >= 15 is 0 Å². The highest BCUT2D eigenvalue weighted by Crippen LogP contribution is 2.36. The molecule has 4 nitrogen and oxygen atoms in total. The van der Waals surface area contributed by atoms with Crippen LogP contribution < -0.4 is 5.56 Å². The molecule has 1 aromatic carbocycles. The zero-order valence-corrected chi connectivity index (χ0v) is 21.1. The number of unbranched alkanes of at least 4 members (excludes halogenated alkanes) is 4. The fourth-order valence-electron chi connectivity index (χ4n) is 4.25. The number of fused-ring (bicyclic) bond motifs is 3. The minimum atomic E-state index is 0.106. The summed E-state index contributed by atoms with van der Waals surface area (Å²) in [5.74, 6) is 1.43.